The number of aryl methyl sites for hydroxylation is 1. The van der Waals surface area contributed by atoms with Crippen molar-refractivity contribution >= 4 is 17.2 Å². The van der Waals surface area contributed by atoms with E-state index in [0.717, 1.165) is 25.7 Å². The molecule has 2 aliphatic heterocycles. The summed E-state index contributed by atoms with van der Waals surface area (Å²) in [7, 11) is 4.18. The van der Waals surface area contributed by atoms with Crippen LogP contribution in [0.5, 0.6) is 0 Å². The molecule has 2 aliphatic rings. The topological polar surface area (TPSA) is 23.6 Å². The van der Waals surface area contributed by atoms with Gasteiger partial charge in [-0.3, -0.25) is 4.79 Å². The summed E-state index contributed by atoms with van der Waals surface area (Å²) in [5.74, 6) is 0.455. The number of hydrogen-bond acceptors (Lipinski definition) is 3. The smallest absolute Gasteiger partial charge is 0.137 e. The third kappa shape index (κ3) is 2.30. The lowest BCUT2D eigenvalue weighted by Gasteiger charge is -2.47. The van der Waals surface area contributed by atoms with Crippen LogP contribution in [0.15, 0.2) is 18.2 Å². The standard InChI is InChI=1S/C17H24N2O/c1-12-7-8-15(11-17(12)18(2)3)19-13-5-4-6-14(19)10-16(20)9-13/h7-8,11,13-14H,4-6,9-10H2,1-3H3. The minimum absolute atomic E-state index is 0.424. The summed E-state index contributed by atoms with van der Waals surface area (Å²) >= 11 is 0. The molecule has 2 atom stereocenters. The Bertz CT molecular complexity index is 508. The van der Waals surface area contributed by atoms with Crippen molar-refractivity contribution in [3.05, 3.63) is 23.8 Å². The van der Waals surface area contributed by atoms with Crippen molar-refractivity contribution in [2.75, 3.05) is 23.9 Å². The first-order valence-electron chi connectivity index (χ1n) is 7.64. The van der Waals surface area contributed by atoms with Crippen LogP contribution >= 0.6 is 0 Å². The van der Waals surface area contributed by atoms with Gasteiger partial charge in [0.15, 0.2) is 0 Å². The number of nitrogens with zero attached hydrogens (tertiary/aromatic N) is 2. The van der Waals surface area contributed by atoms with Crippen molar-refractivity contribution in [1.29, 1.82) is 0 Å². The Labute approximate surface area is 121 Å². The molecule has 2 unspecified atom stereocenters. The van der Waals surface area contributed by atoms with E-state index in [-0.39, 0.29) is 0 Å². The van der Waals surface area contributed by atoms with Gasteiger partial charge < -0.3 is 9.80 Å². The highest BCUT2D eigenvalue weighted by atomic mass is 16.1. The highest BCUT2D eigenvalue weighted by Gasteiger charge is 2.37. The lowest BCUT2D eigenvalue weighted by Crippen LogP contribution is -2.52. The quantitative estimate of drug-likeness (QED) is 0.826. The Morgan fingerprint density at radius 1 is 1.15 bits per heavy atom. The molecule has 0 spiro atoms. The minimum atomic E-state index is 0.424. The Morgan fingerprint density at radius 2 is 1.80 bits per heavy atom. The molecule has 2 heterocycles. The van der Waals surface area contributed by atoms with Crippen molar-refractivity contribution < 1.29 is 4.79 Å². The van der Waals surface area contributed by atoms with Gasteiger partial charge in [0, 0.05) is 50.4 Å². The normalized spacial score (nSPS) is 25.8. The summed E-state index contributed by atoms with van der Waals surface area (Å²) in [5, 5.41) is 0. The van der Waals surface area contributed by atoms with Gasteiger partial charge in [-0.15, -0.1) is 0 Å². The lowest BCUT2D eigenvalue weighted by molar-refractivity contribution is -0.121. The summed E-state index contributed by atoms with van der Waals surface area (Å²) in [6.45, 7) is 2.15. The molecule has 20 heavy (non-hydrogen) atoms. The number of piperidine rings is 2. The maximum atomic E-state index is 11.8. The van der Waals surface area contributed by atoms with Gasteiger partial charge in [-0.05, 0) is 43.9 Å². The number of carbonyl (C=O) groups is 1. The molecule has 3 heteroatoms. The molecule has 0 radical (unpaired) electrons. The number of benzene rings is 1. The Hall–Kier alpha value is -1.51. The number of Topliss-reactive ketones (excluding diaryl/α,β-unsaturated/α-hetero) is 1. The molecule has 0 aliphatic carbocycles. The lowest BCUT2D eigenvalue weighted by atomic mass is 9.83. The van der Waals surface area contributed by atoms with Crippen molar-refractivity contribution in [2.24, 2.45) is 0 Å². The van der Waals surface area contributed by atoms with Crippen LogP contribution in [0.4, 0.5) is 11.4 Å². The first kappa shape index (κ1) is 13.5. The Kier molecular flexibility index (Phi) is 3.45. The van der Waals surface area contributed by atoms with Crippen molar-refractivity contribution in [2.45, 2.75) is 51.1 Å². The fraction of sp³-hybridized carbons (Fsp3) is 0.588. The fourth-order valence-electron chi connectivity index (χ4n) is 3.84. The fourth-order valence-corrected chi connectivity index (χ4v) is 3.84. The average Bonchev–Trinajstić information content (AvgIpc) is 2.38. The number of hydrogen-bond donors (Lipinski definition) is 0. The largest absolute Gasteiger partial charge is 0.377 e. The molecular weight excluding hydrogens is 248 g/mol. The molecule has 0 aromatic heterocycles. The van der Waals surface area contributed by atoms with Gasteiger partial charge in [0.2, 0.25) is 0 Å². The first-order valence-corrected chi connectivity index (χ1v) is 7.64. The zero-order valence-corrected chi connectivity index (χ0v) is 12.7. The summed E-state index contributed by atoms with van der Waals surface area (Å²) in [6.07, 6.45) is 5.07. The van der Waals surface area contributed by atoms with Gasteiger partial charge in [0.25, 0.3) is 0 Å². The second kappa shape index (κ2) is 5.12. The third-order valence-corrected chi connectivity index (χ3v) is 4.76. The molecule has 0 N–H and O–H groups in total. The van der Waals surface area contributed by atoms with E-state index in [9.17, 15) is 4.79 Å². The molecule has 1 aromatic rings. The van der Waals surface area contributed by atoms with E-state index in [1.165, 1.54) is 23.4 Å². The van der Waals surface area contributed by atoms with Gasteiger partial charge in [-0.2, -0.15) is 0 Å². The predicted octanol–water partition coefficient (Wildman–Crippen LogP) is 3.15. The summed E-state index contributed by atoms with van der Waals surface area (Å²) in [6, 6.07) is 7.57. The number of ketones is 1. The van der Waals surface area contributed by atoms with E-state index in [4.69, 9.17) is 0 Å². The number of rotatable bonds is 2. The molecule has 2 saturated heterocycles. The zero-order chi connectivity index (χ0) is 14.3. The maximum Gasteiger partial charge on any atom is 0.137 e. The molecule has 1 aromatic carbocycles. The molecule has 2 fully saturated rings. The maximum absolute atomic E-state index is 11.8. The van der Waals surface area contributed by atoms with Crippen LogP contribution in [0.1, 0.15) is 37.7 Å². The first-order chi connectivity index (χ1) is 9.56. The van der Waals surface area contributed by atoms with Crippen molar-refractivity contribution in [3.8, 4) is 0 Å². The van der Waals surface area contributed by atoms with Gasteiger partial charge in [0.1, 0.15) is 5.78 Å². The number of anilines is 2. The van der Waals surface area contributed by atoms with Crippen molar-refractivity contribution in [3.63, 3.8) is 0 Å². The van der Waals surface area contributed by atoms with Gasteiger partial charge in [-0.1, -0.05) is 6.07 Å². The molecular formula is C17H24N2O. The van der Waals surface area contributed by atoms with Gasteiger partial charge in [0.05, 0.1) is 0 Å². The molecule has 3 rings (SSSR count). The molecule has 0 amide bonds. The predicted molar refractivity (Wildman–Crippen MR) is 83.7 cm³/mol. The number of fused-ring (bicyclic) bond motifs is 2. The second-order valence-electron chi connectivity index (χ2n) is 6.46. The second-order valence-corrected chi connectivity index (χ2v) is 6.46. The summed E-state index contributed by atoms with van der Waals surface area (Å²) in [5.41, 5.74) is 3.87. The van der Waals surface area contributed by atoms with Crippen LogP contribution in [-0.2, 0) is 4.79 Å². The Balaban J connectivity index is 1.96. The van der Waals surface area contributed by atoms with Crippen LogP contribution < -0.4 is 9.80 Å². The van der Waals surface area contributed by atoms with Crippen LogP contribution in [0.2, 0.25) is 0 Å². The third-order valence-electron chi connectivity index (χ3n) is 4.76. The van der Waals surface area contributed by atoms with Gasteiger partial charge in [-0.25, -0.2) is 0 Å². The van der Waals surface area contributed by atoms with E-state index in [2.05, 4.69) is 49.0 Å². The molecule has 0 saturated carbocycles. The highest BCUT2D eigenvalue weighted by Crippen LogP contribution is 2.38. The van der Waals surface area contributed by atoms with E-state index in [1.807, 2.05) is 0 Å². The molecule has 3 nitrogen and oxygen atoms in total. The SMILES string of the molecule is Cc1ccc(N2C3CCCC2CC(=O)C3)cc1N(C)C. The van der Waals surface area contributed by atoms with E-state index < -0.39 is 0 Å². The zero-order valence-electron chi connectivity index (χ0n) is 12.7. The van der Waals surface area contributed by atoms with Gasteiger partial charge >= 0.3 is 0 Å². The highest BCUT2D eigenvalue weighted by molar-refractivity contribution is 5.83. The van der Waals surface area contributed by atoms with Crippen molar-refractivity contribution in [1.82, 2.24) is 0 Å². The van der Waals surface area contributed by atoms with E-state index in [0.29, 0.717) is 17.9 Å². The Morgan fingerprint density at radius 3 is 2.40 bits per heavy atom. The minimum Gasteiger partial charge on any atom is -0.377 e. The molecule has 108 valence electrons. The van der Waals surface area contributed by atoms with Crippen LogP contribution in [-0.4, -0.2) is 32.0 Å². The van der Waals surface area contributed by atoms with E-state index in [1.54, 1.807) is 0 Å². The van der Waals surface area contributed by atoms with Crippen LogP contribution in [0, 0.1) is 6.92 Å². The monoisotopic (exact) mass is 272 g/mol. The summed E-state index contributed by atoms with van der Waals surface area (Å²) in [4.78, 5) is 16.5. The van der Waals surface area contributed by atoms with Crippen LogP contribution in [0.25, 0.3) is 0 Å². The van der Waals surface area contributed by atoms with Crippen LogP contribution in [0.3, 0.4) is 0 Å². The number of carbonyl (C=O) groups excluding carboxylic acids is 1. The summed E-state index contributed by atoms with van der Waals surface area (Å²) < 4.78 is 0. The average molecular weight is 272 g/mol. The van der Waals surface area contributed by atoms with E-state index >= 15 is 0 Å². The molecule has 2 bridgehead atoms.